The fourth-order valence-corrected chi connectivity index (χ4v) is 6.14. The molecule has 40 heavy (non-hydrogen) atoms. The van der Waals surface area contributed by atoms with Crippen LogP contribution in [-0.4, -0.2) is 46.6 Å². The van der Waals surface area contributed by atoms with Gasteiger partial charge in [-0.1, -0.05) is 94.5 Å². The van der Waals surface area contributed by atoms with Crippen LogP contribution in [0.1, 0.15) is 51.3 Å². The van der Waals surface area contributed by atoms with E-state index in [1.807, 2.05) is 37.3 Å². The Labute approximate surface area is 241 Å². The molecule has 0 aromatic heterocycles. The van der Waals surface area contributed by atoms with Crippen molar-refractivity contribution in [3.63, 3.8) is 0 Å². The topological polar surface area (TPSA) is 99.1 Å². The van der Waals surface area contributed by atoms with Crippen molar-refractivity contribution in [1.82, 2.24) is 0 Å². The molecule has 2 aromatic rings. The highest BCUT2D eigenvalue weighted by atomic mass is 32.2. The van der Waals surface area contributed by atoms with Crippen molar-refractivity contribution in [2.75, 3.05) is 6.61 Å². The summed E-state index contributed by atoms with van der Waals surface area (Å²) >= 11 is 0. The minimum Gasteiger partial charge on any atom is -0.458 e. The molecule has 0 fully saturated rings. The third-order valence-electron chi connectivity index (χ3n) is 7.32. The van der Waals surface area contributed by atoms with Crippen molar-refractivity contribution < 1.29 is 31.7 Å². The lowest BCUT2D eigenvalue weighted by Gasteiger charge is -2.42. The summed E-state index contributed by atoms with van der Waals surface area (Å²) in [6.45, 7) is 17.7. The van der Waals surface area contributed by atoms with E-state index in [1.165, 1.54) is 30.4 Å². The van der Waals surface area contributed by atoms with E-state index in [2.05, 4.69) is 40.4 Å². The standard InChI is InChI=1S/C31H44O7SSi/c1-9-22-36-28(32)17-13-16-27(37-39(34,35)26-20-18-23(2)19-21-26)24(3)29(33)30(25-14-11-10-12-15-25)38-40(7,8)31(4,5)6/h9-15,17-21,24,27,29-30,33H,1,16,22H2,2-8H3/b17-13+/t24-,27+,29+,30+/m0/s1. The average Bonchev–Trinajstić information content (AvgIpc) is 2.89. The van der Waals surface area contributed by atoms with Gasteiger partial charge in [0.25, 0.3) is 10.1 Å². The van der Waals surface area contributed by atoms with Gasteiger partial charge in [0, 0.05) is 12.0 Å². The van der Waals surface area contributed by atoms with Crippen LogP contribution < -0.4 is 0 Å². The zero-order valence-electron chi connectivity index (χ0n) is 24.7. The van der Waals surface area contributed by atoms with Gasteiger partial charge in [0.05, 0.1) is 23.2 Å². The first-order valence-electron chi connectivity index (χ1n) is 13.4. The van der Waals surface area contributed by atoms with Crippen LogP contribution in [0, 0.1) is 12.8 Å². The summed E-state index contributed by atoms with van der Waals surface area (Å²) in [6, 6.07) is 15.8. The zero-order chi connectivity index (χ0) is 30.1. The largest absolute Gasteiger partial charge is 0.458 e. The minimum absolute atomic E-state index is 0.0105. The van der Waals surface area contributed by atoms with Crippen LogP contribution in [-0.2, 0) is 28.3 Å². The lowest BCUT2D eigenvalue weighted by molar-refractivity contribution is -0.136. The molecule has 0 bridgehead atoms. The molecule has 2 rings (SSSR count). The maximum absolute atomic E-state index is 13.3. The highest BCUT2D eigenvalue weighted by Gasteiger charge is 2.43. The zero-order valence-corrected chi connectivity index (χ0v) is 26.5. The Kier molecular flexibility index (Phi) is 12.1. The molecule has 0 unspecified atom stereocenters. The number of aliphatic hydroxyl groups is 1. The molecule has 0 aliphatic heterocycles. The van der Waals surface area contributed by atoms with E-state index in [0.717, 1.165) is 11.1 Å². The molecular weight excluding hydrogens is 544 g/mol. The number of aryl methyl sites for hydroxylation is 1. The van der Waals surface area contributed by atoms with Gasteiger partial charge in [0.2, 0.25) is 0 Å². The molecule has 1 N–H and O–H groups in total. The van der Waals surface area contributed by atoms with Crippen molar-refractivity contribution in [2.45, 2.75) is 82.4 Å². The van der Waals surface area contributed by atoms with Crippen molar-refractivity contribution in [3.05, 3.63) is 90.5 Å². The van der Waals surface area contributed by atoms with Crippen LogP contribution in [0.25, 0.3) is 0 Å². The van der Waals surface area contributed by atoms with E-state index in [9.17, 15) is 18.3 Å². The highest BCUT2D eigenvalue weighted by Crippen LogP contribution is 2.42. The molecule has 0 saturated heterocycles. The maximum atomic E-state index is 13.3. The number of carbonyl (C=O) groups excluding carboxylic acids is 1. The molecule has 2 aromatic carbocycles. The van der Waals surface area contributed by atoms with Crippen molar-refractivity contribution in [1.29, 1.82) is 0 Å². The van der Waals surface area contributed by atoms with E-state index >= 15 is 0 Å². The highest BCUT2D eigenvalue weighted by molar-refractivity contribution is 7.86. The normalized spacial score (nSPS) is 15.8. The first-order chi connectivity index (χ1) is 18.6. The van der Waals surface area contributed by atoms with Gasteiger partial charge in [0.1, 0.15) is 6.61 Å². The molecule has 0 heterocycles. The summed E-state index contributed by atoms with van der Waals surface area (Å²) in [4.78, 5) is 12.0. The molecule has 9 heteroatoms. The van der Waals surface area contributed by atoms with Crippen LogP contribution >= 0.6 is 0 Å². The maximum Gasteiger partial charge on any atom is 0.330 e. The lowest BCUT2D eigenvalue weighted by atomic mass is 9.89. The molecule has 0 radical (unpaired) electrons. The first-order valence-corrected chi connectivity index (χ1v) is 17.8. The van der Waals surface area contributed by atoms with E-state index in [0.29, 0.717) is 0 Å². The molecule has 0 spiro atoms. The van der Waals surface area contributed by atoms with Gasteiger partial charge in [-0.15, -0.1) is 0 Å². The number of hydrogen-bond acceptors (Lipinski definition) is 7. The summed E-state index contributed by atoms with van der Waals surface area (Å²) in [5.41, 5.74) is 1.70. The van der Waals surface area contributed by atoms with Crippen LogP contribution in [0.3, 0.4) is 0 Å². The minimum atomic E-state index is -4.17. The number of carbonyl (C=O) groups is 1. The Morgan fingerprint density at radius 3 is 2.23 bits per heavy atom. The van der Waals surface area contributed by atoms with Gasteiger partial charge in [-0.05, 0) is 49.2 Å². The van der Waals surface area contributed by atoms with Crippen molar-refractivity contribution in [2.24, 2.45) is 5.92 Å². The second-order valence-corrected chi connectivity index (χ2v) is 17.8. The van der Waals surface area contributed by atoms with Gasteiger partial charge in [0.15, 0.2) is 8.32 Å². The van der Waals surface area contributed by atoms with Gasteiger partial charge in [-0.3, -0.25) is 4.18 Å². The van der Waals surface area contributed by atoms with Crippen LogP contribution in [0.4, 0.5) is 0 Å². The quantitative estimate of drug-likeness (QED) is 0.0884. The smallest absolute Gasteiger partial charge is 0.330 e. The van der Waals surface area contributed by atoms with Crippen LogP contribution in [0.2, 0.25) is 18.1 Å². The Bertz CT molecular complexity index is 1230. The number of hydrogen-bond donors (Lipinski definition) is 1. The molecular formula is C31H44O7SSi. The number of ether oxygens (including phenoxy) is 1. The molecule has 7 nitrogen and oxygen atoms in total. The van der Waals surface area contributed by atoms with E-state index < -0.39 is 48.6 Å². The summed E-state index contributed by atoms with van der Waals surface area (Å²) in [5.74, 6) is -1.29. The Hall–Kier alpha value is -2.56. The number of rotatable bonds is 14. The second-order valence-electron chi connectivity index (χ2n) is 11.5. The third-order valence-corrected chi connectivity index (χ3v) is 13.1. The van der Waals surface area contributed by atoms with Gasteiger partial charge in [-0.25, -0.2) is 4.79 Å². The van der Waals surface area contributed by atoms with Gasteiger partial charge in [-0.2, -0.15) is 8.42 Å². The summed E-state index contributed by atoms with van der Waals surface area (Å²) in [5, 5.41) is 11.6. The average molecular weight is 589 g/mol. The first kappa shape index (κ1) is 33.6. The molecule has 0 aliphatic carbocycles. The molecule has 220 valence electrons. The second kappa shape index (κ2) is 14.4. The van der Waals surface area contributed by atoms with Crippen LogP contribution in [0.5, 0.6) is 0 Å². The van der Waals surface area contributed by atoms with E-state index in [1.54, 1.807) is 19.1 Å². The molecule has 0 saturated carbocycles. The monoisotopic (exact) mass is 588 g/mol. The number of aliphatic hydroxyl groups excluding tert-OH is 1. The van der Waals surface area contributed by atoms with Crippen molar-refractivity contribution in [3.8, 4) is 0 Å². The predicted molar refractivity (Wildman–Crippen MR) is 161 cm³/mol. The molecule has 4 atom stereocenters. The van der Waals surface area contributed by atoms with Crippen molar-refractivity contribution >= 4 is 24.4 Å². The van der Waals surface area contributed by atoms with E-state index in [-0.39, 0.29) is 23.0 Å². The predicted octanol–water partition coefficient (Wildman–Crippen LogP) is 6.50. The third kappa shape index (κ3) is 9.52. The van der Waals surface area contributed by atoms with Gasteiger partial charge < -0.3 is 14.3 Å². The number of benzene rings is 2. The lowest BCUT2D eigenvalue weighted by Crippen LogP contribution is -2.46. The van der Waals surface area contributed by atoms with Gasteiger partial charge >= 0.3 is 5.97 Å². The Morgan fingerprint density at radius 1 is 1.07 bits per heavy atom. The fraction of sp³-hybridized carbons (Fsp3) is 0.452. The molecule has 0 amide bonds. The Balaban J connectivity index is 2.44. The van der Waals surface area contributed by atoms with Crippen LogP contribution in [0.15, 0.2) is 84.3 Å². The summed E-state index contributed by atoms with van der Waals surface area (Å²) < 4.78 is 44.0. The fourth-order valence-electron chi connectivity index (χ4n) is 3.72. The molecule has 0 aliphatic rings. The SMILES string of the molecule is C=CCOC(=O)/C=C/C[C@@H](OS(=O)(=O)c1ccc(C)cc1)[C@H](C)[C@@H](O)[C@H](O[Si](C)(C)C(C)(C)C)c1ccccc1. The summed E-state index contributed by atoms with van der Waals surface area (Å²) in [7, 11) is -6.53. The number of esters is 1. The van der Waals surface area contributed by atoms with E-state index in [4.69, 9.17) is 13.3 Å². The Morgan fingerprint density at radius 2 is 1.68 bits per heavy atom. The summed E-state index contributed by atoms with van der Waals surface area (Å²) in [6.07, 6.45) is 1.38.